The first-order chi connectivity index (χ1) is 9.99. The summed E-state index contributed by atoms with van der Waals surface area (Å²) >= 11 is 1.67. The molecule has 0 amide bonds. The molecule has 0 unspecified atom stereocenters. The van der Waals surface area contributed by atoms with Crippen LogP contribution in [0.1, 0.15) is 22.3 Å². The zero-order valence-corrected chi connectivity index (χ0v) is 13.4. The molecule has 4 heteroatoms. The molecule has 0 aliphatic carbocycles. The maximum absolute atomic E-state index is 7.68. The number of aryl methyl sites for hydroxylation is 2. The zero-order valence-electron chi connectivity index (χ0n) is 12.6. The third-order valence-corrected chi connectivity index (χ3v) is 4.28. The molecule has 21 heavy (non-hydrogen) atoms. The summed E-state index contributed by atoms with van der Waals surface area (Å²) < 4.78 is 5.26. The SMILES string of the molecule is COc1ccc(C(=N)N)c(SCc2cc(C)cc(C)c2)c1. The van der Waals surface area contributed by atoms with Crippen LogP contribution in [0.2, 0.25) is 0 Å². The summed E-state index contributed by atoms with van der Waals surface area (Å²) in [5.41, 5.74) is 10.2. The summed E-state index contributed by atoms with van der Waals surface area (Å²) in [4.78, 5) is 0.973. The van der Waals surface area contributed by atoms with Crippen molar-refractivity contribution in [2.45, 2.75) is 24.5 Å². The molecule has 0 fully saturated rings. The maximum atomic E-state index is 7.68. The Labute approximate surface area is 130 Å². The predicted molar refractivity (Wildman–Crippen MR) is 89.5 cm³/mol. The minimum Gasteiger partial charge on any atom is -0.497 e. The van der Waals surface area contributed by atoms with Crippen molar-refractivity contribution in [3.63, 3.8) is 0 Å². The van der Waals surface area contributed by atoms with Gasteiger partial charge in [0.2, 0.25) is 0 Å². The normalized spacial score (nSPS) is 10.4. The minimum absolute atomic E-state index is 0.0839. The highest BCUT2D eigenvalue weighted by Gasteiger charge is 2.08. The van der Waals surface area contributed by atoms with Crippen molar-refractivity contribution in [1.29, 1.82) is 5.41 Å². The number of hydrogen-bond acceptors (Lipinski definition) is 3. The largest absolute Gasteiger partial charge is 0.497 e. The van der Waals surface area contributed by atoms with Gasteiger partial charge in [0, 0.05) is 16.2 Å². The van der Waals surface area contributed by atoms with Crippen LogP contribution in [0.5, 0.6) is 5.75 Å². The molecule has 3 N–H and O–H groups in total. The quantitative estimate of drug-likeness (QED) is 0.500. The number of nitrogen functional groups attached to an aromatic ring is 1. The summed E-state index contributed by atoms with van der Waals surface area (Å²) in [6.07, 6.45) is 0. The molecule has 0 aromatic heterocycles. The number of hydrogen-bond donors (Lipinski definition) is 2. The van der Waals surface area contributed by atoms with Gasteiger partial charge in [-0.05, 0) is 37.6 Å². The molecule has 0 aliphatic heterocycles. The van der Waals surface area contributed by atoms with E-state index in [1.807, 2.05) is 18.2 Å². The highest BCUT2D eigenvalue weighted by atomic mass is 32.2. The van der Waals surface area contributed by atoms with Gasteiger partial charge in [-0.15, -0.1) is 11.8 Å². The van der Waals surface area contributed by atoms with Gasteiger partial charge >= 0.3 is 0 Å². The Hall–Kier alpha value is -1.94. The van der Waals surface area contributed by atoms with Gasteiger partial charge < -0.3 is 10.5 Å². The van der Waals surface area contributed by atoms with Gasteiger partial charge in [0.1, 0.15) is 11.6 Å². The van der Waals surface area contributed by atoms with Gasteiger partial charge in [0.25, 0.3) is 0 Å². The van der Waals surface area contributed by atoms with E-state index in [1.165, 1.54) is 16.7 Å². The topological polar surface area (TPSA) is 59.1 Å². The number of ether oxygens (including phenoxy) is 1. The molecule has 0 aliphatic rings. The van der Waals surface area contributed by atoms with Gasteiger partial charge in [-0.25, -0.2) is 0 Å². The molecule has 0 radical (unpaired) electrons. The predicted octanol–water partition coefficient (Wildman–Crippen LogP) is 3.89. The summed E-state index contributed by atoms with van der Waals surface area (Å²) in [5.74, 6) is 1.71. The molecule has 0 atom stereocenters. The van der Waals surface area contributed by atoms with Crippen LogP contribution in [0.25, 0.3) is 0 Å². The molecule has 0 bridgehead atoms. The lowest BCUT2D eigenvalue weighted by atomic mass is 10.1. The average molecular weight is 300 g/mol. The molecule has 2 aromatic carbocycles. The molecule has 0 heterocycles. The lowest BCUT2D eigenvalue weighted by Gasteiger charge is -2.11. The van der Waals surface area contributed by atoms with Crippen LogP contribution >= 0.6 is 11.8 Å². The Morgan fingerprint density at radius 2 is 1.81 bits per heavy atom. The number of methoxy groups -OCH3 is 1. The fraction of sp³-hybridized carbons (Fsp3) is 0.235. The maximum Gasteiger partial charge on any atom is 0.123 e. The Morgan fingerprint density at radius 1 is 1.14 bits per heavy atom. The monoisotopic (exact) mass is 300 g/mol. The average Bonchev–Trinajstić information content (AvgIpc) is 2.43. The van der Waals surface area contributed by atoms with Gasteiger partial charge in [0.15, 0.2) is 0 Å². The Morgan fingerprint density at radius 3 is 2.38 bits per heavy atom. The highest BCUT2D eigenvalue weighted by Crippen LogP contribution is 2.30. The standard InChI is InChI=1S/C17H20N2OS/c1-11-6-12(2)8-13(7-11)10-21-16-9-14(20-3)4-5-15(16)17(18)19/h4-9H,10H2,1-3H3,(H3,18,19). The second kappa shape index (κ2) is 6.68. The van der Waals surface area contributed by atoms with Crippen LogP contribution in [0, 0.1) is 19.3 Å². The Kier molecular flexibility index (Phi) is 4.91. The molecular weight excluding hydrogens is 280 g/mol. The van der Waals surface area contributed by atoms with Crippen molar-refractivity contribution >= 4 is 17.6 Å². The lowest BCUT2D eigenvalue weighted by Crippen LogP contribution is -2.12. The molecule has 110 valence electrons. The third kappa shape index (κ3) is 4.02. The van der Waals surface area contributed by atoms with E-state index in [9.17, 15) is 0 Å². The number of nitrogens with two attached hydrogens (primary N) is 1. The van der Waals surface area contributed by atoms with Crippen molar-refractivity contribution in [1.82, 2.24) is 0 Å². The van der Waals surface area contributed by atoms with E-state index in [0.717, 1.165) is 22.0 Å². The zero-order chi connectivity index (χ0) is 15.4. The van der Waals surface area contributed by atoms with E-state index in [-0.39, 0.29) is 5.84 Å². The van der Waals surface area contributed by atoms with Crippen LogP contribution in [-0.4, -0.2) is 12.9 Å². The van der Waals surface area contributed by atoms with Crippen molar-refractivity contribution < 1.29 is 4.74 Å². The van der Waals surface area contributed by atoms with Crippen LogP contribution in [0.15, 0.2) is 41.3 Å². The van der Waals surface area contributed by atoms with E-state index in [2.05, 4.69) is 32.0 Å². The fourth-order valence-corrected chi connectivity index (χ4v) is 3.31. The van der Waals surface area contributed by atoms with E-state index >= 15 is 0 Å². The molecule has 2 aromatic rings. The highest BCUT2D eigenvalue weighted by molar-refractivity contribution is 7.98. The number of amidine groups is 1. The molecule has 0 spiro atoms. The third-order valence-electron chi connectivity index (χ3n) is 3.15. The van der Waals surface area contributed by atoms with Gasteiger partial charge in [-0.3, -0.25) is 5.41 Å². The van der Waals surface area contributed by atoms with Crippen molar-refractivity contribution in [2.24, 2.45) is 5.73 Å². The summed E-state index contributed by atoms with van der Waals surface area (Å²) in [5, 5.41) is 7.68. The number of nitrogens with one attached hydrogen (secondary N) is 1. The fourth-order valence-electron chi connectivity index (χ4n) is 2.28. The smallest absolute Gasteiger partial charge is 0.123 e. The molecule has 3 nitrogen and oxygen atoms in total. The Bertz CT molecular complexity index is 648. The second-order valence-corrected chi connectivity index (χ2v) is 6.08. The van der Waals surface area contributed by atoms with E-state index < -0.39 is 0 Å². The summed E-state index contributed by atoms with van der Waals surface area (Å²) in [7, 11) is 1.64. The van der Waals surface area contributed by atoms with Gasteiger partial charge in [-0.1, -0.05) is 29.3 Å². The van der Waals surface area contributed by atoms with Crippen molar-refractivity contribution in [3.05, 3.63) is 58.7 Å². The number of rotatable bonds is 5. The molecule has 2 rings (SSSR count). The molecular formula is C17H20N2OS. The van der Waals surface area contributed by atoms with Crippen LogP contribution in [-0.2, 0) is 5.75 Å². The minimum atomic E-state index is 0.0839. The number of thioether (sulfide) groups is 1. The summed E-state index contributed by atoms with van der Waals surface area (Å²) in [6, 6.07) is 12.1. The van der Waals surface area contributed by atoms with Crippen molar-refractivity contribution in [3.8, 4) is 5.75 Å². The molecule has 0 saturated carbocycles. The number of benzene rings is 2. The van der Waals surface area contributed by atoms with Crippen LogP contribution in [0.4, 0.5) is 0 Å². The van der Waals surface area contributed by atoms with E-state index in [1.54, 1.807) is 18.9 Å². The Balaban J connectivity index is 2.23. The van der Waals surface area contributed by atoms with Crippen LogP contribution < -0.4 is 10.5 Å². The van der Waals surface area contributed by atoms with Crippen molar-refractivity contribution in [2.75, 3.05) is 7.11 Å². The first-order valence-corrected chi connectivity index (χ1v) is 7.70. The first kappa shape index (κ1) is 15.4. The van der Waals surface area contributed by atoms with E-state index in [0.29, 0.717) is 0 Å². The lowest BCUT2D eigenvalue weighted by molar-refractivity contribution is 0.413. The van der Waals surface area contributed by atoms with Gasteiger partial charge in [0.05, 0.1) is 7.11 Å². The first-order valence-electron chi connectivity index (χ1n) is 6.72. The van der Waals surface area contributed by atoms with E-state index in [4.69, 9.17) is 15.9 Å². The summed E-state index contributed by atoms with van der Waals surface area (Å²) in [6.45, 7) is 4.21. The second-order valence-electron chi connectivity index (χ2n) is 5.06. The van der Waals surface area contributed by atoms with Crippen LogP contribution in [0.3, 0.4) is 0 Å². The van der Waals surface area contributed by atoms with Gasteiger partial charge in [-0.2, -0.15) is 0 Å². The molecule has 0 saturated heterocycles.